The van der Waals surface area contributed by atoms with Gasteiger partial charge in [-0.1, -0.05) is 120 Å². The van der Waals surface area contributed by atoms with Crippen molar-refractivity contribution < 1.29 is 24.8 Å². The van der Waals surface area contributed by atoms with E-state index >= 15 is 0 Å². The molecule has 4 aromatic carbocycles. The van der Waals surface area contributed by atoms with Gasteiger partial charge in [0.25, 0.3) is 0 Å². The zero-order valence-corrected chi connectivity index (χ0v) is 40.2. The average molecular weight is 952 g/mol. The Morgan fingerprint density at radius 3 is 1.86 bits per heavy atom. The Morgan fingerprint density at radius 2 is 1.26 bits per heavy atom. The zero-order valence-electron chi connectivity index (χ0n) is 36.8. The summed E-state index contributed by atoms with van der Waals surface area (Å²) in [5, 5.41) is 3.00. The molecule has 5 aromatic rings. The van der Waals surface area contributed by atoms with Crippen molar-refractivity contribution in [1.82, 2.24) is 4.98 Å². The van der Waals surface area contributed by atoms with Gasteiger partial charge in [0.2, 0.25) is 0 Å². The fourth-order valence-electron chi connectivity index (χ4n) is 8.33. The Balaban J connectivity index is 0.000000228. The number of fused-ring (bicyclic) bond motifs is 3. The maximum absolute atomic E-state index is 6.84. The third kappa shape index (κ3) is 7.75. The van der Waals surface area contributed by atoms with E-state index in [0.29, 0.717) is 0 Å². The molecular formula is C49H60BIrN4OSi. The third-order valence-corrected chi connectivity index (χ3v) is 15.1. The van der Waals surface area contributed by atoms with Gasteiger partial charge in [0.1, 0.15) is 5.82 Å². The molecule has 0 fully saturated rings. The first-order valence-corrected chi connectivity index (χ1v) is 23.1. The maximum Gasteiger partial charge on any atom is 3.00 e. The van der Waals surface area contributed by atoms with Crippen LogP contribution in [0.1, 0.15) is 105 Å². The predicted molar refractivity (Wildman–Crippen MR) is 242 cm³/mol. The van der Waals surface area contributed by atoms with Crippen LogP contribution in [0.25, 0.3) is 0 Å². The van der Waals surface area contributed by atoms with Gasteiger partial charge in [-0.15, -0.1) is 16.9 Å². The molecule has 0 atom stereocenters. The largest absolute Gasteiger partial charge is 3.00 e. The van der Waals surface area contributed by atoms with E-state index in [-0.39, 0.29) is 48.8 Å². The average Bonchev–Trinajstić information content (AvgIpc) is 3.67. The molecule has 0 saturated carbocycles. The van der Waals surface area contributed by atoms with Crippen LogP contribution in [0.3, 0.4) is 0 Å². The molecule has 0 saturated heterocycles. The number of pyridine rings is 1. The Kier molecular flexibility index (Phi) is 11.1. The van der Waals surface area contributed by atoms with Crippen molar-refractivity contribution in [3.05, 3.63) is 126 Å². The monoisotopic (exact) mass is 952 g/mol. The van der Waals surface area contributed by atoms with Crippen LogP contribution in [0.2, 0.25) is 13.1 Å². The molecule has 3 aliphatic heterocycles. The molecule has 0 unspecified atom stereocenters. The minimum Gasteiger partial charge on any atom is -0.599 e. The van der Waals surface area contributed by atoms with Gasteiger partial charge in [-0.25, -0.2) is 4.98 Å². The summed E-state index contributed by atoms with van der Waals surface area (Å²) in [6.07, 6.45) is 1.92. The van der Waals surface area contributed by atoms with Gasteiger partial charge in [-0.3, -0.25) is 0 Å². The van der Waals surface area contributed by atoms with Crippen LogP contribution in [-0.4, -0.2) is 27.2 Å². The second-order valence-electron chi connectivity index (χ2n) is 20.4. The summed E-state index contributed by atoms with van der Waals surface area (Å²) in [4.78, 5) is 11.6. The smallest absolute Gasteiger partial charge is 0.599 e. The first kappa shape index (κ1) is 42.8. The molecule has 0 spiro atoms. The second kappa shape index (κ2) is 14.8. The van der Waals surface area contributed by atoms with E-state index < -0.39 is 8.07 Å². The molecule has 3 aliphatic rings. The Labute approximate surface area is 358 Å². The standard InChI is InChI=1S/C33H44BN2O.C16H16N2Si.Ir/c1-30(2,3)22-17-18-35-28(21-22)36-26-15-13-14-16-27(26)37-34(36)29-24(32(7,8)9)19-23(31(4,5)6)20-25(29)33(10,11)12;1-17-11-18-12-7-4-5-9-14(12)19(2,3)15-10-6-8-13(17)16(15)18;/h13-14,16-21H,1-12H3;4-6,8-11H,1-3H3;/q-1;-2;+3. The number of para-hydroxylation sites is 3. The zero-order chi connectivity index (χ0) is 40.7. The van der Waals surface area contributed by atoms with Crippen LogP contribution in [0, 0.1) is 18.8 Å². The Morgan fingerprint density at radius 1 is 0.684 bits per heavy atom. The number of aromatic nitrogens is 1. The summed E-state index contributed by atoms with van der Waals surface area (Å²) in [7, 11) is 0.163. The van der Waals surface area contributed by atoms with Gasteiger partial charge >= 0.3 is 27.2 Å². The quantitative estimate of drug-likeness (QED) is 0.130. The van der Waals surface area contributed by atoms with E-state index in [9.17, 15) is 0 Å². The predicted octanol–water partition coefficient (Wildman–Crippen LogP) is 10.3. The van der Waals surface area contributed by atoms with Crippen molar-refractivity contribution in [2.75, 3.05) is 21.7 Å². The van der Waals surface area contributed by atoms with Gasteiger partial charge in [0.05, 0.1) is 8.07 Å². The Bertz CT molecular complexity index is 2260. The topological polar surface area (TPSA) is 31.8 Å². The molecule has 57 heavy (non-hydrogen) atoms. The van der Waals surface area contributed by atoms with Crippen molar-refractivity contribution >= 4 is 59.5 Å². The SMILES string of the molecule is CC(C)(C)c1ccnc(N2B(c3c(C(C)(C)C)cc(C(C)(C)C)cc3C(C)(C)C)Oc3ccc[c-]c32)c1.CN1[CH-]N2c3[c-]cccc3[Si](C)(C)c3cccc1c32.[Ir+3]. The number of benzene rings is 4. The molecular weight excluding hydrogens is 892 g/mol. The number of rotatable bonds is 2. The summed E-state index contributed by atoms with van der Waals surface area (Å²) in [5.74, 6) is 1.73. The van der Waals surface area contributed by atoms with Crippen molar-refractivity contribution in [2.24, 2.45) is 0 Å². The van der Waals surface area contributed by atoms with Crippen molar-refractivity contribution in [3.63, 3.8) is 0 Å². The van der Waals surface area contributed by atoms with Crippen molar-refractivity contribution in [3.8, 4) is 5.75 Å². The van der Waals surface area contributed by atoms with Gasteiger partial charge < -0.3 is 19.3 Å². The van der Waals surface area contributed by atoms with Crippen molar-refractivity contribution in [2.45, 2.75) is 118 Å². The van der Waals surface area contributed by atoms with E-state index in [1.807, 2.05) is 30.5 Å². The van der Waals surface area contributed by atoms with Gasteiger partial charge in [-0.2, -0.15) is 49.1 Å². The van der Waals surface area contributed by atoms with Crippen LogP contribution in [0.5, 0.6) is 5.75 Å². The van der Waals surface area contributed by atoms with E-state index in [1.165, 1.54) is 55.2 Å². The molecule has 1 aromatic heterocycles. The van der Waals surface area contributed by atoms with E-state index in [4.69, 9.17) is 9.64 Å². The van der Waals surface area contributed by atoms with Crippen LogP contribution in [0.15, 0.2) is 85.1 Å². The van der Waals surface area contributed by atoms with Gasteiger partial charge in [0.15, 0.2) is 0 Å². The van der Waals surface area contributed by atoms with E-state index in [0.717, 1.165) is 17.3 Å². The first-order chi connectivity index (χ1) is 26.0. The van der Waals surface area contributed by atoms with Crippen LogP contribution >= 0.6 is 0 Å². The number of anilines is 5. The molecule has 8 heteroatoms. The number of hydrogen-bond donors (Lipinski definition) is 0. The normalized spacial score (nSPS) is 15.6. The summed E-state index contributed by atoms with van der Waals surface area (Å²) >= 11 is 0. The molecule has 0 aliphatic carbocycles. The minimum atomic E-state index is -1.61. The summed E-state index contributed by atoms with van der Waals surface area (Å²) in [6.45, 7) is 34.5. The molecule has 4 heterocycles. The van der Waals surface area contributed by atoms with Crippen LogP contribution in [-0.2, 0) is 41.8 Å². The minimum absolute atomic E-state index is 0. The summed E-state index contributed by atoms with van der Waals surface area (Å²) in [6, 6.07) is 35.2. The van der Waals surface area contributed by atoms with E-state index in [2.05, 4.69) is 191 Å². The number of hydrogen-bond acceptors (Lipinski definition) is 5. The summed E-state index contributed by atoms with van der Waals surface area (Å²) in [5.41, 5.74) is 11.2. The van der Waals surface area contributed by atoms with Gasteiger partial charge in [-0.05, 0) is 85.5 Å². The number of nitrogens with zero attached hydrogens (tertiary/aromatic N) is 4. The molecule has 0 radical (unpaired) electrons. The maximum atomic E-state index is 6.84. The molecule has 8 rings (SSSR count). The third-order valence-electron chi connectivity index (χ3n) is 11.6. The fraction of sp³-hybridized carbons (Fsp3) is 0.388. The summed E-state index contributed by atoms with van der Waals surface area (Å²) < 4.78 is 6.84. The first-order valence-electron chi connectivity index (χ1n) is 20.1. The fourth-order valence-corrected chi connectivity index (χ4v) is 11.3. The molecule has 5 nitrogen and oxygen atoms in total. The molecule has 298 valence electrons. The second-order valence-corrected chi connectivity index (χ2v) is 24.8. The molecule has 0 amide bonds. The van der Waals surface area contributed by atoms with Crippen LogP contribution in [0.4, 0.5) is 28.6 Å². The van der Waals surface area contributed by atoms with Gasteiger partial charge in [0, 0.05) is 23.3 Å². The Hall–Kier alpha value is -3.84. The van der Waals surface area contributed by atoms with E-state index in [1.54, 1.807) is 0 Å². The molecule has 0 N–H and O–H groups in total. The molecule has 0 bridgehead atoms. The van der Waals surface area contributed by atoms with Crippen molar-refractivity contribution in [1.29, 1.82) is 0 Å². The van der Waals surface area contributed by atoms with Crippen LogP contribution < -0.4 is 35.1 Å².